The third-order valence-corrected chi connectivity index (χ3v) is 6.89. The van der Waals surface area contributed by atoms with E-state index in [9.17, 15) is 4.79 Å². The zero-order valence-corrected chi connectivity index (χ0v) is 24.4. The number of hydrogen-bond acceptors (Lipinski definition) is 10. The molecule has 0 bridgehead atoms. The highest BCUT2D eigenvalue weighted by atomic mass is 16.8. The number of nitrogens with one attached hydrogen (secondary N) is 1. The number of nitrogens with two attached hydrogens (primary N) is 1. The van der Waals surface area contributed by atoms with Crippen molar-refractivity contribution in [2.75, 3.05) is 39.6 Å². The van der Waals surface area contributed by atoms with Crippen molar-refractivity contribution >= 4 is 23.1 Å². The largest absolute Gasteiger partial charge is 0.448 e. The Labute approximate surface area is 235 Å². The van der Waals surface area contributed by atoms with Crippen LogP contribution < -0.4 is 11.1 Å². The van der Waals surface area contributed by atoms with Crippen molar-refractivity contribution < 1.29 is 23.7 Å². The molecule has 0 spiro atoms. The molecule has 1 saturated heterocycles. The molecule has 218 valence electrons. The number of rotatable bonds is 10. The number of alkyl carbamates (subject to hydrolysis) is 1. The van der Waals surface area contributed by atoms with Crippen molar-refractivity contribution in [3.8, 4) is 0 Å². The zero-order chi connectivity index (χ0) is 29.1. The predicted octanol–water partition coefficient (Wildman–Crippen LogP) is 3.23. The summed E-state index contributed by atoms with van der Waals surface area (Å²) in [6.07, 6.45) is 1.18. The lowest BCUT2D eigenvalue weighted by molar-refractivity contribution is -0.161. The van der Waals surface area contributed by atoms with Crippen LogP contribution in [0, 0.1) is 0 Å². The van der Waals surface area contributed by atoms with Gasteiger partial charge in [0.25, 0.3) is 0 Å². The van der Waals surface area contributed by atoms with Crippen LogP contribution in [-0.2, 0) is 30.9 Å². The van der Waals surface area contributed by atoms with Gasteiger partial charge in [-0.2, -0.15) is 0 Å². The number of hydrogen-bond donors (Lipinski definition) is 2. The molecule has 1 aromatic carbocycles. The van der Waals surface area contributed by atoms with Crippen LogP contribution in [0.25, 0.3) is 11.2 Å². The van der Waals surface area contributed by atoms with Crippen molar-refractivity contribution in [2.24, 2.45) is 0 Å². The molecule has 0 aliphatic carbocycles. The quantitative estimate of drug-likeness (QED) is 0.383. The van der Waals surface area contributed by atoms with E-state index in [4.69, 9.17) is 24.7 Å². The average molecular weight is 556 g/mol. The topological polar surface area (TPSA) is 139 Å². The highest BCUT2D eigenvalue weighted by Gasteiger charge is 2.47. The Morgan fingerprint density at radius 3 is 2.60 bits per heavy atom. The van der Waals surface area contributed by atoms with Crippen LogP contribution in [0.2, 0.25) is 0 Å². The molecule has 3 heterocycles. The van der Waals surface area contributed by atoms with Gasteiger partial charge >= 0.3 is 6.09 Å². The number of nitrogen functional groups attached to an aromatic ring is 1. The number of nitrogens with zero attached hydrogens (tertiary/aromatic N) is 5. The number of carbonyl (C=O) groups excluding carboxylic acids is 1. The molecule has 3 aromatic rings. The van der Waals surface area contributed by atoms with E-state index in [1.807, 2.05) is 37.9 Å². The van der Waals surface area contributed by atoms with Gasteiger partial charge in [0.15, 0.2) is 23.5 Å². The Morgan fingerprint density at radius 1 is 1.20 bits per heavy atom. The minimum atomic E-state index is -0.853. The van der Waals surface area contributed by atoms with Crippen LogP contribution >= 0.6 is 0 Å². The number of imidazole rings is 1. The molecule has 3 atom stereocenters. The van der Waals surface area contributed by atoms with Crippen LogP contribution in [-0.4, -0.2) is 82.4 Å². The first kappa shape index (κ1) is 29.7. The monoisotopic (exact) mass is 555 g/mol. The predicted molar refractivity (Wildman–Crippen MR) is 150 cm³/mol. The van der Waals surface area contributed by atoms with E-state index in [0.29, 0.717) is 36.6 Å². The molecule has 0 unspecified atom stereocenters. The Bertz CT molecular complexity index is 1290. The standard InChI is InChI=1S/C28H41N7O5/c1-27(2,3)19-10-8-18(9-11-19)14-30-26(36)38-13-12-34(6)15-20(37-7)22-25(40-28(4,5)39-22)35-17-33-21-23(29)31-16-32-24(21)35/h8-11,16-17,20,22,25H,12-15H2,1-7H3,(H,30,36)(H2,29,31,32)/t20-,22-,25-/m1/s1. The van der Waals surface area contributed by atoms with E-state index in [1.165, 1.54) is 11.9 Å². The first-order valence-corrected chi connectivity index (χ1v) is 13.4. The molecule has 1 aliphatic heterocycles. The Balaban J connectivity index is 1.29. The van der Waals surface area contributed by atoms with Gasteiger partial charge in [0.1, 0.15) is 30.7 Å². The molecule has 0 saturated carbocycles. The molecular weight excluding hydrogens is 514 g/mol. The van der Waals surface area contributed by atoms with Gasteiger partial charge < -0.3 is 34.9 Å². The molecule has 12 heteroatoms. The smallest absolute Gasteiger partial charge is 0.407 e. The number of ether oxygens (including phenoxy) is 4. The lowest BCUT2D eigenvalue weighted by atomic mass is 9.87. The number of amides is 1. The highest BCUT2D eigenvalue weighted by Crippen LogP contribution is 2.38. The van der Waals surface area contributed by atoms with Crippen LogP contribution in [0.4, 0.5) is 10.6 Å². The Kier molecular flexibility index (Phi) is 8.93. The van der Waals surface area contributed by atoms with Gasteiger partial charge in [-0.15, -0.1) is 0 Å². The van der Waals surface area contributed by atoms with Gasteiger partial charge in [-0.25, -0.2) is 19.7 Å². The van der Waals surface area contributed by atoms with Gasteiger partial charge in [0.2, 0.25) is 0 Å². The molecule has 0 radical (unpaired) electrons. The fourth-order valence-electron chi connectivity index (χ4n) is 4.66. The SMILES string of the molecule is CO[C@H](CN(C)CCOC(=O)NCc1ccc(C(C)(C)C)cc1)[C@H]1OC(C)(C)O[C@H]1n1cnc2c(N)ncnc21. The maximum absolute atomic E-state index is 12.2. The van der Waals surface area contributed by atoms with Gasteiger partial charge in [-0.3, -0.25) is 4.57 Å². The van der Waals surface area contributed by atoms with E-state index in [-0.39, 0.29) is 18.1 Å². The molecule has 40 heavy (non-hydrogen) atoms. The molecular formula is C28H41N7O5. The normalized spacial score (nSPS) is 19.7. The summed E-state index contributed by atoms with van der Waals surface area (Å²) in [4.78, 5) is 27.0. The Morgan fingerprint density at radius 2 is 1.93 bits per heavy atom. The van der Waals surface area contributed by atoms with E-state index >= 15 is 0 Å². The number of methoxy groups -OCH3 is 1. The number of benzene rings is 1. The van der Waals surface area contributed by atoms with Crippen LogP contribution in [0.15, 0.2) is 36.9 Å². The van der Waals surface area contributed by atoms with Gasteiger partial charge in [-0.1, -0.05) is 45.0 Å². The molecule has 12 nitrogen and oxygen atoms in total. The summed E-state index contributed by atoms with van der Waals surface area (Å²) in [5.41, 5.74) is 9.37. The van der Waals surface area contributed by atoms with E-state index in [2.05, 4.69) is 53.2 Å². The van der Waals surface area contributed by atoms with E-state index < -0.39 is 24.2 Å². The van der Waals surface area contributed by atoms with Gasteiger partial charge in [0, 0.05) is 26.7 Å². The van der Waals surface area contributed by atoms with Crippen molar-refractivity contribution in [1.29, 1.82) is 0 Å². The number of likely N-dealkylation sites (N-methyl/N-ethyl adjacent to an activating group) is 1. The summed E-state index contributed by atoms with van der Waals surface area (Å²) in [7, 11) is 3.56. The second kappa shape index (κ2) is 12.0. The van der Waals surface area contributed by atoms with Crippen molar-refractivity contribution in [3.05, 3.63) is 48.0 Å². The summed E-state index contributed by atoms with van der Waals surface area (Å²) in [6, 6.07) is 8.23. The second-order valence-electron chi connectivity index (χ2n) is 11.5. The van der Waals surface area contributed by atoms with Gasteiger partial charge in [-0.05, 0) is 37.4 Å². The second-order valence-corrected chi connectivity index (χ2v) is 11.5. The summed E-state index contributed by atoms with van der Waals surface area (Å²) < 4.78 is 25.6. The fraction of sp³-hybridized carbons (Fsp3) is 0.571. The lowest BCUT2D eigenvalue weighted by Crippen LogP contribution is -2.43. The van der Waals surface area contributed by atoms with Crippen LogP contribution in [0.5, 0.6) is 0 Å². The van der Waals surface area contributed by atoms with Crippen molar-refractivity contribution in [1.82, 2.24) is 29.7 Å². The van der Waals surface area contributed by atoms with Crippen molar-refractivity contribution in [3.63, 3.8) is 0 Å². The first-order valence-electron chi connectivity index (χ1n) is 13.4. The highest BCUT2D eigenvalue weighted by molar-refractivity contribution is 5.81. The van der Waals surface area contributed by atoms with E-state index in [1.54, 1.807) is 18.0 Å². The first-order chi connectivity index (χ1) is 18.9. The van der Waals surface area contributed by atoms with Crippen molar-refractivity contribution in [2.45, 2.75) is 70.8 Å². The third kappa shape index (κ3) is 7.05. The molecule has 1 amide bonds. The zero-order valence-electron chi connectivity index (χ0n) is 24.4. The minimum absolute atomic E-state index is 0.0874. The summed E-state index contributed by atoms with van der Waals surface area (Å²) in [6.45, 7) is 11.9. The Hall–Kier alpha value is -3.32. The van der Waals surface area contributed by atoms with Gasteiger partial charge in [0.05, 0.1) is 6.33 Å². The summed E-state index contributed by atoms with van der Waals surface area (Å²) in [5, 5.41) is 2.81. The maximum Gasteiger partial charge on any atom is 0.407 e. The average Bonchev–Trinajstić information content (AvgIpc) is 3.46. The molecule has 2 aromatic heterocycles. The molecule has 1 aliphatic rings. The van der Waals surface area contributed by atoms with Crippen LogP contribution in [0.1, 0.15) is 52.0 Å². The molecule has 4 rings (SSSR count). The number of fused-ring (bicyclic) bond motifs is 1. The van der Waals surface area contributed by atoms with E-state index in [0.717, 1.165) is 5.56 Å². The number of carbonyl (C=O) groups is 1. The maximum atomic E-state index is 12.2. The third-order valence-electron chi connectivity index (χ3n) is 6.89. The minimum Gasteiger partial charge on any atom is -0.448 e. The molecule has 1 fully saturated rings. The summed E-state index contributed by atoms with van der Waals surface area (Å²) in [5.74, 6) is -0.558. The lowest BCUT2D eigenvalue weighted by Gasteiger charge is -2.29. The number of aromatic nitrogens is 4. The van der Waals surface area contributed by atoms with Crippen LogP contribution in [0.3, 0.4) is 0 Å². The number of anilines is 1. The fourth-order valence-corrected chi connectivity index (χ4v) is 4.66. The summed E-state index contributed by atoms with van der Waals surface area (Å²) >= 11 is 0. The molecule has 3 N–H and O–H groups in total.